The molecule has 0 nitrogen and oxygen atoms in total. The highest BCUT2D eigenvalue weighted by Gasteiger charge is 2.27. The molecular formula is C10H13F2ISi. The first-order valence-electron chi connectivity index (χ1n) is 4.39. The SMILES string of the molecule is Cc1cc(I)c(F)c([Si](C)(C)C)c1F. The third-order valence-electron chi connectivity index (χ3n) is 2.09. The fraction of sp³-hybridized carbons (Fsp3) is 0.400. The van der Waals surface area contributed by atoms with Crippen LogP contribution in [0.1, 0.15) is 5.56 Å². The van der Waals surface area contributed by atoms with Gasteiger partial charge >= 0.3 is 0 Å². The standard InChI is InChI=1S/C10H13F2ISi/c1-6-5-7(13)9(12)10(8(6)11)14(2,3)4/h5H,1-4H3. The maximum atomic E-state index is 13.7. The summed E-state index contributed by atoms with van der Waals surface area (Å²) in [5, 5.41) is 0.321. The predicted molar refractivity (Wildman–Crippen MR) is 66.8 cm³/mol. The Morgan fingerprint density at radius 1 is 1.14 bits per heavy atom. The van der Waals surface area contributed by atoms with Crippen molar-refractivity contribution in [3.8, 4) is 0 Å². The van der Waals surface area contributed by atoms with Gasteiger partial charge in [0.2, 0.25) is 0 Å². The van der Waals surface area contributed by atoms with E-state index >= 15 is 0 Å². The Bertz CT molecular complexity index is 343. The molecule has 0 aliphatic rings. The zero-order valence-electron chi connectivity index (χ0n) is 8.71. The molecule has 1 aromatic rings. The zero-order chi connectivity index (χ0) is 11.1. The van der Waals surface area contributed by atoms with Crippen LogP contribution < -0.4 is 5.19 Å². The fourth-order valence-corrected chi connectivity index (χ4v) is 4.03. The van der Waals surface area contributed by atoms with Crippen molar-refractivity contribution >= 4 is 35.9 Å². The molecule has 0 aromatic heterocycles. The third-order valence-corrected chi connectivity index (χ3v) is 4.81. The lowest BCUT2D eigenvalue weighted by atomic mass is 10.2. The van der Waals surface area contributed by atoms with Crippen molar-refractivity contribution in [3.05, 3.63) is 26.8 Å². The molecular weight excluding hydrogens is 313 g/mol. The smallest absolute Gasteiger partial charge is 0.138 e. The van der Waals surface area contributed by atoms with Gasteiger partial charge in [0, 0.05) is 8.76 Å². The molecule has 0 aliphatic heterocycles. The summed E-state index contributed by atoms with van der Waals surface area (Å²) in [6.07, 6.45) is 0. The molecule has 0 bridgehead atoms. The van der Waals surface area contributed by atoms with Gasteiger partial charge in [0.15, 0.2) is 0 Å². The highest BCUT2D eigenvalue weighted by atomic mass is 127. The van der Waals surface area contributed by atoms with Gasteiger partial charge in [-0.2, -0.15) is 0 Å². The quantitative estimate of drug-likeness (QED) is 0.421. The van der Waals surface area contributed by atoms with Crippen molar-refractivity contribution in [2.24, 2.45) is 0 Å². The van der Waals surface area contributed by atoms with Crippen LogP contribution in [0.15, 0.2) is 6.07 Å². The second-order valence-electron chi connectivity index (χ2n) is 4.43. The Hall–Kier alpha value is 0.0269. The molecule has 0 radical (unpaired) electrons. The minimum absolute atomic E-state index is 0.321. The Labute approximate surface area is 97.9 Å². The number of aryl methyl sites for hydroxylation is 1. The van der Waals surface area contributed by atoms with Crippen LogP contribution in [0.2, 0.25) is 19.6 Å². The van der Waals surface area contributed by atoms with E-state index in [2.05, 4.69) is 0 Å². The zero-order valence-corrected chi connectivity index (χ0v) is 11.9. The van der Waals surface area contributed by atoms with E-state index in [1.54, 1.807) is 13.0 Å². The van der Waals surface area contributed by atoms with Crippen LogP contribution in [-0.2, 0) is 0 Å². The molecule has 0 spiro atoms. The van der Waals surface area contributed by atoms with Crippen LogP contribution in [0.25, 0.3) is 0 Å². The van der Waals surface area contributed by atoms with Crippen molar-refractivity contribution in [2.45, 2.75) is 26.6 Å². The molecule has 0 saturated heterocycles. The topological polar surface area (TPSA) is 0 Å². The van der Waals surface area contributed by atoms with Crippen LogP contribution in [-0.4, -0.2) is 8.07 Å². The molecule has 0 unspecified atom stereocenters. The Morgan fingerprint density at radius 3 is 2.07 bits per heavy atom. The largest absolute Gasteiger partial charge is 0.207 e. The summed E-state index contributed by atoms with van der Waals surface area (Å²) in [6, 6.07) is 1.55. The van der Waals surface area contributed by atoms with E-state index in [-0.39, 0.29) is 11.6 Å². The summed E-state index contributed by atoms with van der Waals surface area (Å²) < 4.78 is 28.0. The van der Waals surface area contributed by atoms with Crippen molar-refractivity contribution < 1.29 is 8.78 Å². The van der Waals surface area contributed by atoms with Gasteiger partial charge in [-0.1, -0.05) is 19.6 Å². The average Bonchev–Trinajstić information content (AvgIpc) is 1.98. The molecule has 78 valence electrons. The van der Waals surface area contributed by atoms with Gasteiger partial charge in [-0.05, 0) is 41.1 Å². The first-order chi connectivity index (χ1) is 6.25. The predicted octanol–water partition coefficient (Wildman–Crippen LogP) is 3.42. The van der Waals surface area contributed by atoms with E-state index in [0.717, 1.165) is 0 Å². The normalized spacial score (nSPS) is 11.9. The van der Waals surface area contributed by atoms with Crippen molar-refractivity contribution in [1.29, 1.82) is 0 Å². The Balaban J connectivity index is 3.56. The van der Waals surface area contributed by atoms with Gasteiger partial charge in [-0.25, -0.2) is 8.78 Å². The van der Waals surface area contributed by atoms with Gasteiger partial charge in [-0.3, -0.25) is 0 Å². The Morgan fingerprint density at radius 2 is 1.64 bits per heavy atom. The molecule has 1 aromatic carbocycles. The molecule has 0 N–H and O–H groups in total. The molecule has 0 fully saturated rings. The van der Waals surface area contributed by atoms with Crippen molar-refractivity contribution in [3.63, 3.8) is 0 Å². The molecule has 0 saturated carbocycles. The van der Waals surface area contributed by atoms with E-state index < -0.39 is 8.07 Å². The van der Waals surface area contributed by atoms with Gasteiger partial charge in [0.05, 0.1) is 8.07 Å². The third kappa shape index (κ3) is 2.16. The van der Waals surface area contributed by atoms with Crippen molar-refractivity contribution in [1.82, 2.24) is 0 Å². The lowest BCUT2D eigenvalue weighted by Crippen LogP contribution is -2.43. The summed E-state index contributed by atoms with van der Waals surface area (Å²) in [6.45, 7) is 7.53. The molecule has 0 heterocycles. The monoisotopic (exact) mass is 326 g/mol. The lowest BCUT2D eigenvalue weighted by molar-refractivity contribution is 0.585. The highest BCUT2D eigenvalue weighted by Crippen LogP contribution is 2.18. The summed E-state index contributed by atoms with van der Waals surface area (Å²) in [5.41, 5.74) is 0.535. The van der Waals surface area contributed by atoms with E-state index in [1.165, 1.54) is 0 Å². The van der Waals surface area contributed by atoms with Gasteiger partial charge < -0.3 is 0 Å². The van der Waals surface area contributed by atoms with Crippen LogP contribution in [0.5, 0.6) is 0 Å². The minimum atomic E-state index is -1.94. The maximum absolute atomic E-state index is 13.7. The summed E-state index contributed by atoms with van der Waals surface area (Å²) >= 11 is 1.91. The molecule has 4 heteroatoms. The van der Waals surface area contributed by atoms with Crippen LogP contribution in [0.4, 0.5) is 8.78 Å². The van der Waals surface area contributed by atoms with E-state index in [0.29, 0.717) is 14.3 Å². The number of hydrogen-bond acceptors (Lipinski definition) is 0. The minimum Gasteiger partial charge on any atom is -0.207 e. The van der Waals surface area contributed by atoms with Crippen molar-refractivity contribution in [2.75, 3.05) is 0 Å². The van der Waals surface area contributed by atoms with Gasteiger partial charge in [0.25, 0.3) is 0 Å². The summed E-state index contributed by atoms with van der Waals surface area (Å²) in [7, 11) is -1.94. The first-order valence-corrected chi connectivity index (χ1v) is 8.97. The molecule has 14 heavy (non-hydrogen) atoms. The number of hydrogen-bond donors (Lipinski definition) is 0. The molecule has 0 atom stereocenters. The van der Waals surface area contributed by atoms with Crippen LogP contribution >= 0.6 is 22.6 Å². The van der Waals surface area contributed by atoms with E-state index in [4.69, 9.17) is 0 Å². The average molecular weight is 326 g/mol. The second-order valence-corrected chi connectivity index (χ2v) is 10.6. The summed E-state index contributed by atoms with van der Waals surface area (Å²) in [4.78, 5) is 0. The summed E-state index contributed by atoms with van der Waals surface area (Å²) in [5.74, 6) is -0.727. The molecule has 0 amide bonds. The number of rotatable bonds is 1. The lowest BCUT2D eigenvalue weighted by Gasteiger charge is -2.20. The van der Waals surface area contributed by atoms with E-state index in [1.807, 2.05) is 42.2 Å². The van der Waals surface area contributed by atoms with E-state index in [9.17, 15) is 8.78 Å². The second kappa shape index (κ2) is 3.88. The van der Waals surface area contributed by atoms with Crippen LogP contribution in [0, 0.1) is 22.1 Å². The maximum Gasteiger partial charge on any atom is 0.138 e. The Kier molecular flexibility index (Phi) is 3.36. The highest BCUT2D eigenvalue weighted by molar-refractivity contribution is 14.1. The van der Waals surface area contributed by atoms with Gasteiger partial charge in [-0.15, -0.1) is 0 Å². The number of halogens is 3. The molecule has 1 rings (SSSR count). The van der Waals surface area contributed by atoms with Crippen LogP contribution in [0.3, 0.4) is 0 Å². The number of benzene rings is 1. The fourth-order valence-electron chi connectivity index (χ4n) is 1.39. The van der Waals surface area contributed by atoms with Gasteiger partial charge in [0.1, 0.15) is 11.6 Å². The first kappa shape index (κ1) is 12.1. The molecule has 0 aliphatic carbocycles.